The van der Waals surface area contributed by atoms with Gasteiger partial charge in [-0.2, -0.15) is 0 Å². The molecular formula is C23H31N3O3. The molecule has 2 aromatic carbocycles. The van der Waals surface area contributed by atoms with Crippen LogP contribution in [0.5, 0.6) is 11.5 Å². The van der Waals surface area contributed by atoms with Crippen LogP contribution in [-0.4, -0.2) is 51.3 Å². The first-order valence-corrected chi connectivity index (χ1v) is 9.95. The fourth-order valence-corrected chi connectivity index (χ4v) is 3.46. The maximum absolute atomic E-state index is 12.6. The molecule has 6 heteroatoms. The molecule has 0 spiro atoms. The van der Waals surface area contributed by atoms with Crippen molar-refractivity contribution in [3.8, 4) is 11.5 Å². The van der Waals surface area contributed by atoms with Crippen LogP contribution in [0.15, 0.2) is 42.5 Å². The van der Waals surface area contributed by atoms with Crippen molar-refractivity contribution in [1.29, 1.82) is 0 Å². The number of methoxy groups -OCH3 is 2. The second-order valence-electron chi connectivity index (χ2n) is 8.27. The number of ether oxygens (including phenoxy) is 2. The lowest BCUT2D eigenvalue weighted by Crippen LogP contribution is -2.50. The second-order valence-corrected chi connectivity index (χ2v) is 8.27. The molecule has 0 atom stereocenters. The van der Waals surface area contributed by atoms with Gasteiger partial charge < -0.3 is 24.6 Å². The topological polar surface area (TPSA) is 54.0 Å². The Kier molecular flexibility index (Phi) is 6.20. The zero-order chi connectivity index (χ0) is 21.0. The third-order valence-corrected chi connectivity index (χ3v) is 5.30. The summed E-state index contributed by atoms with van der Waals surface area (Å²) in [6, 6.07) is 14.0. The van der Waals surface area contributed by atoms with E-state index in [-0.39, 0.29) is 11.4 Å². The standard InChI is InChI=1S/C23H31N3O3/c1-23(2,3)17-6-9-19(10-7-17)25-12-14-26(15-13-25)22(27)24-18-8-11-20(28-4)21(16-18)29-5/h6-11,16H,12-15H2,1-5H3,(H,24,27). The highest BCUT2D eigenvalue weighted by atomic mass is 16.5. The molecule has 1 aliphatic rings. The van der Waals surface area contributed by atoms with Crippen molar-refractivity contribution < 1.29 is 14.3 Å². The van der Waals surface area contributed by atoms with E-state index in [4.69, 9.17) is 9.47 Å². The summed E-state index contributed by atoms with van der Waals surface area (Å²) in [7, 11) is 3.17. The number of nitrogens with one attached hydrogen (secondary N) is 1. The molecule has 0 unspecified atom stereocenters. The van der Waals surface area contributed by atoms with Crippen molar-refractivity contribution in [3.05, 3.63) is 48.0 Å². The van der Waals surface area contributed by atoms with Gasteiger partial charge in [-0.1, -0.05) is 32.9 Å². The summed E-state index contributed by atoms with van der Waals surface area (Å²) in [6.07, 6.45) is 0. The van der Waals surface area contributed by atoms with Crippen molar-refractivity contribution in [2.24, 2.45) is 0 Å². The van der Waals surface area contributed by atoms with Gasteiger partial charge in [0.1, 0.15) is 0 Å². The fraction of sp³-hybridized carbons (Fsp3) is 0.435. The molecule has 2 amide bonds. The molecule has 156 valence electrons. The first-order valence-electron chi connectivity index (χ1n) is 9.95. The van der Waals surface area contributed by atoms with Gasteiger partial charge in [0.2, 0.25) is 0 Å². The van der Waals surface area contributed by atoms with Gasteiger partial charge >= 0.3 is 6.03 Å². The average molecular weight is 398 g/mol. The van der Waals surface area contributed by atoms with Crippen molar-refractivity contribution in [3.63, 3.8) is 0 Å². The molecule has 0 bridgehead atoms. The normalized spacial score (nSPS) is 14.5. The minimum atomic E-state index is -0.0973. The van der Waals surface area contributed by atoms with Gasteiger partial charge in [0.25, 0.3) is 0 Å². The predicted molar refractivity (Wildman–Crippen MR) is 117 cm³/mol. The lowest BCUT2D eigenvalue weighted by molar-refractivity contribution is 0.208. The molecule has 1 N–H and O–H groups in total. The summed E-state index contributed by atoms with van der Waals surface area (Å²) in [6.45, 7) is 9.65. The van der Waals surface area contributed by atoms with Gasteiger partial charge in [-0.15, -0.1) is 0 Å². The smallest absolute Gasteiger partial charge is 0.321 e. The number of carbonyl (C=O) groups is 1. The van der Waals surface area contributed by atoms with E-state index in [1.54, 1.807) is 26.4 Å². The Morgan fingerprint density at radius 1 is 0.897 bits per heavy atom. The Hall–Kier alpha value is -2.89. The van der Waals surface area contributed by atoms with E-state index in [0.29, 0.717) is 30.3 Å². The van der Waals surface area contributed by atoms with Gasteiger partial charge in [0.05, 0.1) is 14.2 Å². The second kappa shape index (κ2) is 8.64. The number of hydrogen-bond acceptors (Lipinski definition) is 4. The van der Waals surface area contributed by atoms with Crippen LogP contribution in [0.25, 0.3) is 0 Å². The maximum Gasteiger partial charge on any atom is 0.321 e. The van der Waals surface area contributed by atoms with Gasteiger partial charge in [-0.05, 0) is 35.2 Å². The maximum atomic E-state index is 12.6. The third kappa shape index (κ3) is 4.94. The molecular weight excluding hydrogens is 366 g/mol. The van der Waals surface area contributed by atoms with Crippen molar-refractivity contribution >= 4 is 17.4 Å². The van der Waals surface area contributed by atoms with Crippen LogP contribution >= 0.6 is 0 Å². The summed E-state index contributed by atoms with van der Waals surface area (Å²) in [5.41, 5.74) is 3.37. The highest BCUT2D eigenvalue weighted by molar-refractivity contribution is 5.90. The third-order valence-electron chi connectivity index (χ3n) is 5.30. The molecule has 1 aliphatic heterocycles. The Morgan fingerprint density at radius 3 is 2.07 bits per heavy atom. The predicted octanol–water partition coefficient (Wildman–Crippen LogP) is 4.36. The monoisotopic (exact) mass is 397 g/mol. The molecule has 29 heavy (non-hydrogen) atoms. The van der Waals surface area contributed by atoms with Gasteiger partial charge in [-0.3, -0.25) is 0 Å². The van der Waals surface area contributed by atoms with E-state index in [1.807, 2.05) is 11.0 Å². The Balaban J connectivity index is 1.57. The van der Waals surface area contributed by atoms with E-state index in [9.17, 15) is 4.79 Å². The van der Waals surface area contributed by atoms with Gasteiger partial charge in [0.15, 0.2) is 11.5 Å². The van der Waals surface area contributed by atoms with Crippen LogP contribution in [-0.2, 0) is 5.41 Å². The Labute approximate surface area is 173 Å². The number of hydrogen-bond donors (Lipinski definition) is 1. The van der Waals surface area contributed by atoms with E-state index in [0.717, 1.165) is 13.1 Å². The lowest BCUT2D eigenvalue weighted by atomic mass is 9.87. The highest BCUT2D eigenvalue weighted by Crippen LogP contribution is 2.30. The van der Waals surface area contributed by atoms with Crippen molar-refractivity contribution in [2.45, 2.75) is 26.2 Å². The molecule has 3 rings (SSSR count). The van der Waals surface area contributed by atoms with Crippen LogP contribution in [0.3, 0.4) is 0 Å². The Bertz CT molecular complexity index is 835. The largest absolute Gasteiger partial charge is 0.493 e. The molecule has 0 aromatic heterocycles. The van der Waals surface area contributed by atoms with E-state index < -0.39 is 0 Å². The van der Waals surface area contributed by atoms with E-state index in [1.165, 1.54) is 11.3 Å². The van der Waals surface area contributed by atoms with Gasteiger partial charge in [0, 0.05) is 43.6 Å². The van der Waals surface area contributed by atoms with E-state index in [2.05, 4.69) is 55.3 Å². The molecule has 1 heterocycles. The SMILES string of the molecule is COc1ccc(NC(=O)N2CCN(c3ccc(C(C)(C)C)cc3)CC2)cc1OC. The molecule has 0 aliphatic carbocycles. The zero-order valence-corrected chi connectivity index (χ0v) is 18.0. The van der Waals surface area contributed by atoms with Crippen LogP contribution < -0.4 is 19.7 Å². The molecule has 6 nitrogen and oxygen atoms in total. The fourth-order valence-electron chi connectivity index (χ4n) is 3.46. The lowest BCUT2D eigenvalue weighted by Gasteiger charge is -2.36. The number of piperazine rings is 1. The summed E-state index contributed by atoms with van der Waals surface area (Å²) in [5, 5.41) is 2.95. The summed E-state index contributed by atoms with van der Waals surface area (Å²) in [5.74, 6) is 1.23. The first-order chi connectivity index (χ1) is 13.8. The molecule has 1 saturated heterocycles. The number of benzene rings is 2. The number of amides is 2. The van der Waals surface area contributed by atoms with E-state index >= 15 is 0 Å². The number of rotatable bonds is 4. The minimum absolute atomic E-state index is 0.0973. The quantitative estimate of drug-likeness (QED) is 0.833. The molecule has 0 radical (unpaired) electrons. The number of anilines is 2. The summed E-state index contributed by atoms with van der Waals surface area (Å²) in [4.78, 5) is 16.8. The highest BCUT2D eigenvalue weighted by Gasteiger charge is 2.22. The molecule has 0 saturated carbocycles. The number of nitrogens with zero attached hydrogens (tertiary/aromatic N) is 2. The molecule has 2 aromatic rings. The Morgan fingerprint density at radius 2 is 1.52 bits per heavy atom. The number of carbonyl (C=O) groups excluding carboxylic acids is 1. The van der Waals surface area contributed by atoms with Gasteiger partial charge in [-0.25, -0.2) is 4.79 Å². The minimum Gasteiger partial charge on any atom is -0.493 e. The average Bonchev–Trinajstić information content (AvgIpc) is 2.73. The first kappa shape index (κ1) is 20.8. The zero-order valence-electron chi connectivity index (χ0n) is 18.0. The molecule has 1 fully saturated rings. The van der Waals surface area contributed by atoms with Crippen molar-refractivity contribution in [1.82, 2.24) is 4.90 Å². The number of urea groups is 1. The summed E-state index contributed by atoms with van der Waals surface area (Å²) >= 11 is 0. The van der Waals surface area contributed by atoms with Crippen LogP contribution in [0.4, 0.5) is 16.2 Å². The van der Waals surface area contributed by atoms with Crippen LogP contribution in [0, 0.1) is 0 Å². The van der Waals surface area contributed by atoms with Crippen LogP contribution in [0.2, 0.25) is 0 Å². The van der Waals surface area contributed by atoms with Crippen molar-refractivity contribution in [2.75, 3.05) is 50.6 Å². The summed E-state index contributed by atoms with van der Waals surface area (Å²) < 4.78 is 10.5. The van der Waals surface area contributed by atoms with Crippen LogP contribution in [0.1, 0.15) is 26.3 Å².